The summed E-state index contributed by atoms with van der Waals surface area (Å²) in [6.07, 6.45) is 5.97. The number of aliphatic hydroxyl groups is 1. The molecule has 0 spiro atoms. The van der Waals surface area contributed by atoms with Crippen molar-refractivity contribution in [3.8, 4) is 0 Å². The number of halogens is 2. The number of hydrogen-bond acceptors (Lipinski definition) is 8. The minimum Gasteiger partial charge on any atom is -0.857 e. The number of nitrogens with two attached hydrogens (primary N) is 1. The minimum atomic E-state index is -1.11. The quantitative estimate of drug-likeness (QED) is 0.113. The fourth-order valence-electron chi connectivity index (χ4n) is 1.77. The predicted molar refractivity (Wildman–Crippen MR) is 120 cm³/mol. The number of allylic oxidation sites excluding steroid dienone is 3. The van der Waals surface area contributed by atoms with Crippen LogP contribution in [0.25, 0.3) is 0 Å². The van der Waals surface area contributed by atoms with Crippen molar-refractivity contribution in [3.05, 3.63) is 24.8 Å². The van der Waals surface area contributed by atoms with Crippen molar-refractivity contribution >= 4 is 55.5 Å². The second-order valence-electron chi connectivity index (χ2n) is 5.11. The molecule has 0 saturated heterocycles. The van der Waals surface area contributed by atoms with E-state index in [4.69, 9.17) is 15.9 Å². The molecule has 1 amide bonds. The van der Waals surface area contributed by atoms with E-state index in [-0.39, 0.29) is 47.7 Å². The summed E-state index contributed by atoms with van der Waals surface area (Å²) >= 11 is 6.49. The predicted octanol–water partition coefficient (Wildman–Crippen LogP) is -2.10. The number of ketones is 1. The van der Waals surface area contributed by atoms with Crippen molar-refractivity contribution in [3.63, 3.8) is 0 Å². The summed E-state index contributed by atoms with van der Waals surface area (Å²) in [5.41, 5.74) is 3.97. The average Bonchev–Trinajstić information content (AvgIpc) is 3.51. The molecule has 0 aromatic rings. The maximum absolute atomic E-state index is 11.1. The summed E-state index contributed by atoms with van der Waals surface area (Å²) in [7, 11) is 4.25. The molecule has 0 aromatic heterocycles. The number of carbonyl (C=O) groups is 4. The standard InChI is InChI=1S/C8H11NO3.C5H8O3.C4H6Br2.CH4O.CH3O.Na/c1-3-5-4-8(5,6(9)10)7(11)12-2;1-4(6)3-5(7)8-2;5-3-1-2-4-6;2*1-2;/h3,5H,1,4H2,2H3,(H2,9,10);3H2,1-2H3;1-2H,3-4H2;2H,1H3;1H3;/q;;;;-1;+1/b;;2-1+;;;/t5-,8+;;;;;/m0...../s1. The van der Waals surface area contributed by atoms with E-state index in [1.54, 1.807) is 6.08 Å². The Bertz CT molecular complexity index is 541. The molecule has 12 heteroatoms. The van der Waals surface area contributed by atoms with E-state index in [9.17, 15) is 19.2 Å². The summed E-state index contributed by atoms with van der Waals surface area (Å²) in [5.74, 6) is -1.98. The van der Waals surface area contributed by atoms with Gasteiger partial charge in [0.15, 0.2) is 5.41 Å². The van der Waals surface area contributed by atoms with Gasteiger partial charge in [-0.25, -0.2) is 0 Å². The van der Waals surface area contributed by atoms with Crippen LogP contribution in [-0.2, 0) is 28.7 Å². The van der Waals surface area contributed by atoms with Gasteiger partial charge in [0.2, 0.25) is 5.91 Å². The van der Waals surface area contributed by atoms with Gasteiger partial charge in [-0.3, -0.25) is 19.2 Å². The number of amides is 1. The van der Waals surface area contributed by atoms with Gasteiger partial charge in [0.1, 0.15) is 12.2 Å². The van der Waals surface area contributed by atoms with Crippen LogP contribution in [0.2, 0.25) is 0 Å². The molecule has 31 heavy (non-hydrogen) atoms. The number of esters is 2. The second kappa shape index (κ2) is 27.5. The third kappa shape index (κ3) is 19.8. The summed E-state index contributed by atoms with van der Waals surface area (Å²) in [6.45, 7) is 4.85. The van der Waals surface area contributed by atoms with Crippen molar-refractivity contribution in [1.82, 2.24) is 0 Å². The van der Waals surface area contributed by atoms with E-state index in [2.05, 4.69) is 60.1 Å². The molecule has 0 radical (unpaired) electrons. The first kappa shape index (κ1) is 40.8. The minimum absolute atomic E-state index is 0. The molecule has 0 aromatic carbocycles. The number of primary amides is 1. The average molecular weight is 585 g/mol. The van der Waals surface area contributed by atoms with Crippen molar-refractivity contribution in [2.75, 3.05) is 39.1 Å². The molecule has 0 aliphatic heterocycles. The second-order valence-corrected chi connectivity index (χ2v) is 6.40. The Morgan fingerprint density at radius 3 is 1.71 bits per heavy atom. The SMILES string of the molecule is BrC/C=C/CBr.C=C[C@H]1C[C@@]1(C(N)=O)C(=O)OC.CO.COC(=O)CC(C)=O.C[O-].[Na+]. The fraction of sp³-hybridized carbons (Fsp3) is 0.579. The van der Waals surface area contributed by atoms with Crippen molar-refractivity contribution in [1.29, 1.82) is 0 Å². The largest absolute Gasteiger partial charge is 1.00 e. The third-order valence-electron chi connectivity index (χ3n) is 3.25. The number of aliphatic hydroxyl groups excluding tert-OH is 1. The molecule has 176 valence electrons. The maximum Gasteiger partial charge on any atom is 1.00 e. The molecular weight excluding hydrogens is 553 g/mol. The van der Waals surface area contributed by atoms with Crippen LogP contribution >= 0.6 is 31.9 Å². The van der Waals surface area contributed by atoms with Gasteiger partial charge in [-0.2, -0.15) is 7.11 Å². The summed E-state index contributed by atoms with van der Waals surface area (Å²) in [6, 6.07) is 0. The number of rotatable bonds is 7. The zero-order valence-corrected chi connectivity index (χ0v) is 24.2. The van der Waals surface area contributed by atoms with Crippen LogP contribution in [0.3, 0.4) is 0 Å². The van der Waals surface area contributed by atoms with Gasteiger partial charge in [0.05, 0.1) is 14.2 Å². The Hall–Kier alpha value is -0.560. The van der Waals surface area contributed by atoms with Gasteiger partial charge in [-0.1, -0.05) is 50.1 Å². The molecule has 0 heterocycles. The van der Waals surface area contributed by atoms with Crippen molar-refractivity contribution in [2.24, 2.45) is 17.1 Å². The monoisotopic (exact) mass is 583 g/mol. The van der Waals surface area contributed by atoms with E-state index in [0.717, 1.165) is 24.9 Å². The summed E-state index contributed by atoms with van der Waals surface area (Å²) in [4.78, 5) is 42.4. The molecule has 1 fully saturated rings. The van der Waals surface area contributed by atoms with Gasteiger partial charge in [-0.15, -0.1) is 6.58 Å². The molecule has 1 saturated carbocycles. The van der Waals surface area contributed by atoms with Crippen LogP contribution in [0.15, 0.2) is 24.8 Å². The Morgan fingerprint density at radius 1 is 1.13 bits per heavy atom. The van der Waals surface area contributed by atoms with Crippen LogP contribution in [0.1, 0.15) is 19.8 Å². The topological polar surface area (TPSA) is 156 Å². The molecule has 0 unspecified atom stereocenters. The molecule has 0 bridgehead atoms. The maximum atomic E-state index is 11.1. The van der Waals surface area contributed by atoms with E-state index in [0.29, 0.717) is 6.42 Å². The molecule has 3 N–H and O–H groups in total. The van der Waals surface area contributed by atoms with Gasteiger partial charge >= 0.3 is 41.5 Å². The van der Waals surface area contributed by atoms with E-state index >= 15 is 0 Å². The third-order valence-corrected chi connectivity index (χ3v) is 4.00. The number of ether oxygens (including phenoxy) is 2. The molecule has 1 rings (SSSR count). The molecule has 2 atom stereocenters. The van der Waals surface area contributed by atoms with Crippen LogP contribution in [0.4, 0.5) is 0 Å². The number of methoxy groups -OCH3 is 2. The van der Waals surface area contributed by atoms with Gasteiger partial charge in [0.25, 0.3) is 0 Å². The summed E-state index contributed by atoms with van der Waals surface area (Å²) in [5, 5.41) is 17.2. The van der Waals surface area contributed by atoms with Gasteiger partial charge in [-0.05, 0) is 13.3 Å². The van der Waals surface area contributed by atoms with Crippen LogP contribution < -0.4 is 40.4 Å². The van der Waals surface area contributed by atoms with Crippen LogP contribution in [0.5, 0.6) is 0 Å². The first-order valence-corrected chi connectivity index (χ1v) is 10.6. The Labute approximate surface area is 223 Å². The van der Waals surface area contributed by atoms with E-state index in [1.165, 1.54) is 21.1 Å². The molecule has 9 nitrogen and oxygen atoms in total. The number of hydrogen-bond donors (Lipinski definition) is 2. The van der Waals surface area contributed by atoms with Crippen molar-refractivity contribution in [2.45, 2.75) is 19.8 Å². The molecule has 1 aliphatic carbocycles. The van der Waals surface area contributed by atoms with E-state index < -0.39 is 23.3 Å². The van der Waals surface area contributed by atoms with E-state index in [1.807, 2.05) is 0 Å². The Balaban J connectivity index is -0.000000104. The molecule has 1 aliphatic rings. The zero-order valence-electron chi connectivity index (χ0n) is 19.0. The fourth-order valence-corrected chi connectivity index (χ4v) is 2.30. The number of carbonyl (C=O) groups excluding carboxylic acids is 4. The zero-order chi connectivity index (χ0) is 24.8. The molecular formula is C19H32Br2NNaO8. The van der Waals surface area contributed by atoms with Crippen LogP contribution in [-0.4, -0.2) is 67.8 Å². The smallest absolute Gasteiger partial charge is 0.857 e. The van der Waals surface area contributed by atoms with Crippen molar-refractivity contribution < 1.29 is 68.4 Å². The van der Waals surface area contributed by atoms with Gasteiger partial charge in [0, 0.05) is 23.7 Å². The summed E-state index contributed by atoms with van der Waals surface area (Å²) < 4.78 is 8.68. The van der Waals surface area contributed by atoms with Crippen LogP contribution in [0, 0.1) is 11.3 Å². The Kier molecular flexibility index (Phi) is 36.1. The number of alkyl halides is 2. The first-order valence-electron chi connectivity index (χ1n) is 8.37. The first-order chi connectivity index (χ1) is 14.2. The Morgan fingerprint density at radius 2 is 1.55 bits per heavy atom. The normalized spacial score (nSPS) is 17.0. The van der Waals surface area contributed by atoms with Gasteiger partial charge < -0.3 is 25.4 Å². The number of Topliss-reactive ketones (excluding diaryl/α,β-unsaturated/α-hetero) is 1.